The molecule has 1 N–H and O–H groups in total. The maximum absolute atomic E-state index is 13.3. The molecule has 0 bridgehead atoms. The van der Waals surface area contributed by atoms with Crippen molar-refractivity contribution in [3.05, 3.63) is 53.8 Å². The fourth-order valence-electron chi connectivity index (χ4n) is 3.21. The summed E-state index contributed by atoms with van der Waals surface area (Å²) in [5.41, 5.74) is 0.903. The number of nitrogens with zero attached hydrogens (tertiary/aromatic N) is 1. The van der Waals surface area contributed by atoms with Crippen LogP contribution < -0.4 is 19.1 Å². The number of carbonyl (C=O) groups is 1. The predicted molar refractivity (Wildman–Crippen MR) is 114 cm³/mol. The summed E-state index contributed by atoms with van der Waals surface area (Å²) in [4.78, 5) is 13.1. The van der Waals surface area contributed by atoms with Crippen LogP contribution in [0.25, 0.3) is 0 Å². The number of hydrogen-bond donors (Lipinski definition) is 1. The van der Waals surface area contributed by atoms with Crippen molar-refractivity contribution in [3.63, 3.8) is 0 Å². The van der Waals surface area contributed by atoms with Crippen LogP contribution in [0.4, 0.5) is 10.1 Å². The van der Waals surface area contributed by atoms with Crippen molar-refractivity contribution < 1.29 is 27.1 Å². The van der Waals surface area contributed by atoms with Gasteiger partial charge < -0.3 is 14.8 Å². The van der Waals surface area contributed by atoms with Crippen molar-refractivity contribution >= 4 is 21.6 Å². The van der Waals surface area contributed by atoms with E-state index in [2.05, 4.69) is 5.32 Å². The van der Waals surface area contributed by atoms with Crippen LogP contribution in [-0.4, -0.2) is 40.8 Å². The number of amides is 1. The molecule has 0 spiro atoms. The lowest BCUT2D eigenvalue weighted by molar-refractivity contribution is -0.122. The van der Waals surface area contributed by atoms with Gasteiger partial charge in [-0.05, 0) is 55.8 Å². The number of hydrogen-bond acceptors (Lipinski definition) is 5. The van der Waals surface area contributed by atoms with Gasteiger partial charge in [0.15, 0.2) is 0 Å². The van der Waals surface area contributed by atoms with E-state index in [9.17, 15) is 17.6 Å². The molecule has 0 aliphatic rings. The molecule has 30 heavy (non-hydrogen) atoms. The monoisotopic (exact) mass is 438 g/mol. The van der Waals surface area contributed by atoms with Crippen molar-refractivity contribution in [2.75, 3.05) is 24.8 Å². The quantitative estimate of drug-likeness (QED) is 0.650. The minimum absolute atomic E-state index is 0.215. The Bertz CT molecular complexity index is 979. The number of anilines is 1. The van der Waals surface area contributed by atoms with Gasteiger partial charge in [-0.2, -0.15) is 0 Å². The van der Waals surface area contributed by atoms with E-state index in [0.717, 1.165) is 22.7 Å². The van der Waals surface area contributed by atoms with Crippen molar-refractivity contribution in [1.82, 2.24) is 5.32 Å². The van der Waals surface area contributed by atoms with Crippen LogP contribution >= 0.6 is 0 Å². The van der Waals surface area contributed by atoms with E-state index in [0.29, 0.717) is 17.1 Å². The third kappa shape index (κ3) is 5.41. The minimum Gasteiger partial charge on any atom is -0.497 e. The molecule has 0 saturated heterocycles. The molecule has 0 aromatic heterocycles. The van der Waals surface area contributed by atoms with Gasteiger partial charge >= 0.3 is 0 Å². The van der Waals surface area contributed by atoms with E-state index in [-0.39, 0.29) is 12.1 Å². The van der Waals surface area contributed by atoms with Gasteiger partial charge in [-0.1, -0.05) is 6.92 Å². The Morgan fingerprint density at radius 2 is 1.77 bits per heavy atom. The van der Waals surface area contributed by atoms with Crippen molar-refractivity contribution in [3.8, 4) is 11.5 Å². The van der Waals surface area contributed by atoms with Gasteiger partial charge in [0.2, 0.25) is 15.9 Å². The lowest BCUT2D eigenvalue weighted by Gasteiger charge is -2.31. The van der Waals surface area contributed by atoms with Gasteiger partial charge in [-0.15, -0.1) is 0 Å². The topological polar surface area (TPSA) is 84.9 Å². The molecule has 0 saturated carbocycles. The molecule has 0 aliphatic carbocycles. The second kappa shape index (κ2) is 9.80. The second-order valence-corrected chi connectivity index (χ2v) is 8.66. The Hall–Kier alpha value is -2.81. The maximum atomic E-state index is 13.3. The van der Waals surface area contributed by atoms with Crippen LogP contribution in [0.5, 0.6) is 11.5 Å². The molecule has 2 aromatic carbocycles. The maximum Gasteiger partial charge on any atom is 0.244 e. The van der Waals surface area contributed by atoms with Crippen molar-refractivity contribution in [1.29, 1.82) is 0 Å². The summed E-state index contributed by atoms with van der Waals surface area (Å²) in [6, 6.07) is 8.71. The molecular formula is C21H27FN2O5S. The van der Waals surface area contributed by atoms with Crippen LogP contribution in [0, 0.1) is 5.82 Å². The van der Waals surface area contributed by atoms with E-state index in [1.54, 1.807) is 32.0 Å². The Morgan fingerprint density at radius 1 is 1.13 bits per heavy atom. The molecule has 2 rings (SSSR count). The summed E-state index contributed by atoms with van der Waals surface area (Å²) in [5, 5.41) is 2.85. The number of carbonyl (C=O) groups excluding carboxylic acids is 1. The first-order valence-electron chi connectivity index (χ1n) is 9.39. The van der Waals surface area contributed by atoms with E-state index in [1.807, 2.05) is 0 Å². The summed E-state index contributed by atoms with van der Waals surface area (Å²) >= 11 is 0. The van der Waals surface area contributed by atoms with Gasteiger partial charge in [0.05, 0.1) is 32.2 Å². The molecule has 0 aliphatic heterocycles. The van der Waals surface area contributed by atoms with E-state index in [1.165, 1.54) is 26.4 Å². The van der Waals surface area contributed by atoms with Crippen LogP contribution in [0.1, 0.15) is 31.9 Å². The highest BCUT2D eigenvalue weighted by Crippen LogP contribution is 2.30. The Balaban J connectivity index is 2.35. The lowest BCUT2D eigenvalue weighted by Crippen LogP contribution is -2.49. The zero-order valence-corrected chi connectivity index (χ0v) is 18.5. The summed E-state index contributed by atoms with van der Waals surface area (Å²) in [6.45, 7) is 3.48. The van der Waals surface area contributed by atoms with Gasteiger partial charge in [0, 0.05) is 5.56 Å². The summed E-state index contributed by atoms with van der Waals surface area (Å²) < 4.78 is 49.9. The van der Waals surface area contributed by atoms with Gasteiger partial charge in [0.25, 0.3) is 0 Å². The van der Waals surface area contributed by atoms with Gasteiger partial charge in [0.1, 0.15) is 23.4 Å². The van der Waals surface area contributed by atoms with Crippen molar-refractivity contribution in [2.45, 2.75) is 32.4 Å². The highest BCUT2D eigenvalue weighted by Gasteiger charge is 2.32. The molecule has 164 valence electrons. The highest BCUT2D eigenvalue weighted by atomic mass is 32.2. The molecule has 9 heteroatoms. The average molecular weight is 439 g/mol. The number of nitrogens with one attached hydrogen (secondary N) is 1. The summed E-state index contributed by atoms with van der Waals surface area (Å²) in [6.07, 6.45) is 1.24. The van der Waals surface area contributed by atoms with Crippen LogP contribution in [0.15, 0.2) is 42.5 Å². The Labute approximate surface area is 176 Å². The number of halogens is 1. The smallest absolute Gasteiger partial charge is 0.244 e. The molecule has 0 unspecified atom stereocenters. The molecule has 0 radical (unpaired) electrons. The number of ether oxygens (including phenoxy) is 2. The number of benzene rings is 2. The molecule has 2 aromatic rings. The van der Waals surface area contributed by atoms with Gasteiger partial charge in [-0.3, -0.25) is 9.10 Å². The van der Waals surface area contributed by atoms with Crippen LogP contribution in [0.2, 0.25) is 0 Å². The van der Waals surface area contributed by atoms with Crippen molar-refractivity contribution in [2.24, 2.45) is 0 Å². The average Bonchev–Trinajstić information content (AvgIpc) is 2.71. The molecule has 7 nitrogen and oxygen atoms in total. The first-order valence-corrected chi connectivity index (χ1v) is 11.2. The third-order valence-corrected chi connectivity index (χ3v) is 5.85. The van der Waals surface area contributed by atoms with Crippen LogP contribution in [-0.2, 0) is 14.8 Å². The summed E-state index contributed by atoms with van der Waals surface area (Å²) in [5.74, 6) is 0.186. The van der Waals surface area contributed by atoms with E-state index >= 15 is 0 Å². The van der Waals surface area contributed by atoms with Crippen LogP contribution in [0.3, 0.4) is 0 Å². The number of rotatable bonds is 9. The summed E-state index contributed by atoms with van der Waals surface area (Å²) in [7, 11) is -0.747. The minimum atomic E-state index is -3.81. The normalized spacial score (nSPS) is 13.3. The fraction of sp³-hybridized carbons (Fsp3) is 0.381. The predicted octanol–water partition coefficient (Wildman–Crippen LogP) is 3.26. The Kier molecular flexibility index (Phi) is 7.66. The Morgan fingerprint density at radius 3 is 2.27 bits per heavy atom. The first-order chi connectivity index (χ1) is 14.1. The fourth-order valence-corrected chi connectivity index (χ4v) is 4.43. The van der Waals surface area contributed by atoms with E-state index < -0.39 is 33.8 Å². The first kappa shape index (κ1) is 23.5. The molecule has 0 fully saturated rings. The van der Waals surface area contributed by atoms with Gasteiger partial charge in [-0.25, -0.2) is 12.8 Å². The molecule has 2 atom stereocenters. The zero-order valence-electron chi connectivity index (χ0n) is 17.7. The van der Waals surface area contributed by atoms with E-state index in [4.69, 9.17) is 9.47 Å². The zero-order chi connectivity index (χ0) is 22.5. The SMILES string of the molecule is CC[C@@H](C(=O)N[C@@H](C)c1cc(OC)ccc1OC)N(c1ccc(F)cc1)S(C)(=O)=O. The molecule has 1 amide bonds. The lowest BCUT2D eigenvalue weighted by atomic mass is 10.1. The second-order valence-electron chi connectivity index (χ2n) is 6.80. The standard InChI is InChI=1S/C21H27FN2O5S/c1-6-19(24(30(5,26)27)16-9-7-15(22)8-10-16)21(25)23-14(2)18-13-17(28-3)11-12-20(18)29-4/h7-14,19H,6H2,1-5H3,(H,23,25)/t14-,19-/m0/s1. The molecule has 0 heterocycles. The largest absolute Gasteiger partial charge is 0.497 e. The highest BCUT2D eigenvalue weighted by molar-refractivity contribution is 7.92. The third-order valence-electron chi connectivity index (χ3n) is 4.67. The number of sulfonamides is 1. The molecular weight excluding hydrogens is 411 g/mol. The number of methoxy groups -OCH3 is 2.